The number of nitrogens with one attached hydrogen (secondary N) is 1. The van der Waals surface area contributed by atoms with E-state index in [0.29, 0.717) is 17.8 Å². The number of alkyl halides is 2. The highest BCUT2D eigenvalue weighted by atomic mass is 19.3. The maximum Gasteiger partial charge on any atom is 0.586 e. The third kappa shape index (κ3) is 3.28. The fraction of sp³-hybridized carbons (Fsp3) is 0.200. The molecule has 7 heteroatoms. The summed E-state index contributed by atoms with van der Waals surface area (Å²) in [7, 11) is 0. The smallest absolute Gasteiger partial charge is 0.395 e. The summed E-state index contributed by atoms with van der Waals surface area (Å²) in [6.07, 6.45) is -1.25. The van der Waals surface area contributed by atoms with Crippen LogP contribution in [-0.4, -0.2) is 18.4 Å². The van der Waals surface area contributed by atoms with E-state index >= 15 is 0 Å². The number of amides is 1. The van der Waals surface area contributed by atoms with Crippen molar-refractivity contribution < 1.29 is 23.0 Å². The minimum Gasteiger partial charge on any atom is -0.395 e. The second kappa shape index (κ2) is 6.19. The molecule has 2 aromatic rings. The number of allylic oxidation sites excluding steroid dienone is 1. The molecule has 0 aliphatic carbocycles. The fourth-order valence-electron chi connectivity index (χ4n) is 3.07. The second-order valence-corrected chi connectivity index (χ2v) is 6.46. The van der Waals surface area contributed by atoms with Gasteiger partial charge in [0, 0.05) is 18.3 Å². The van der Waals surface area contributed by atoms with E-state index in [-0.39, 0.29) is 17.4 Å². The van der Waals surface area contributed by atoms with Crippen LogP contribution in [0.2, 0.25) is 0 Å². The average Bonchev–Trinajstić information content (AvgIpc) is 3.16. The number of aliphatic imine (C=N–C) groups is 1. The van der Waals surface area contributed by atoms with Crippen LogP contribution in [0.5, 0.6) is 11.5 Å². The number of carbonyl (C=O) groups is 1. The maximum absolute atomic E-state index is 13.2. The van der Waals surface area contributed by atoms with Crippen molar-refractivity contribution >= 4 is 17.8 Å². The Hall–Kier alpha value is -3.22. The van der Waals surface area contributed by atoms with Gasteiger partial charge in [0.25, 0.3) is 5.91 Å². The van der Waals surface area contributed by atoms with Crippen LogP contribution in [0.1, 0.15) is 18.9 Å². The highest BCUT2D eigenvalue weighted by molar-refractivity contribution is 6.06. The number of nitrogens with zero attached hydrogens (tertiary/aromatic N) is 1. The molecule has 2 heterocycles. The van der Waals surface area contributed by atoms with Gasteiger partial charge in [0.2, 0.25) is 0 Å². The Balaban J connectivity index is 1.56. The van der Waals surface area contributed by atoms with E-state index in [2.05, 4.69) is 19.8 Å². The van der Waals surface area contributed by atoms with Gasteiger partial charge in [-0.3, -0.25) is 9.79 Å². The monoisotopic (exact) mass is 370 g/mol. The van der Waals surface area contributed by atoms with Gasteiger partial charge >= 0.3 is 6.29 Å². The molecule has 2 aliphatic heterocycles. The standard InChI is InChI=1S/C20H16F2N2O3/c1-11-7-8-23-18(11)19(25)24-14-5-3-13(4-6-14)15-10-17-16(9-12(15)2)26-20(21,22)27-17/h3-6,8-10H,7H2,1-2H3,(H,24,25). The molecule has 2 aromatic carbocycles. The molecule has 27 heavy (non-hydrogen) atoms. The van der Waals surface area contributed by atoms with Gasteiger partial charge in [0.05, 0.1) is 0 Å². The predicted octanol–water partition coefficient (Wildman–Crippen LogP) is 4.67. The molecule has 2 aliphatic rings. The van der Waals surface area contributed by atoms with Gasteiger partial charge in [-0.15, -0.1) is 8.78 Å². The summed E-state index contributed by atoms with van der Waals surface area (Å²) in [5.74, 6) is -0.235. The van der Waals surface area contributed by atoms with Crippen LogP contribution in [0.4, 0.5) is 14.5 Å². The predicted molar refractivity (Wildman–Crippen MR) is 97.3 cm³/mol. The van der Waals surface area contributed by atoms with Crippen LogP contribution >= 0.6 is 0 Å². The molecule has 0 atom stereocenters. The molecular formula is C20H16F2N2O3. The number of rotatable bonds is 3. The van der Waals surface area contributed by atoms with Crippen molar-refractivity contribution in [2.24, 2.45) is 4.99 Å². The Morgan fingerprint density at radius 2 is 1.78 bits per heavy atom. The average molecular weight is 370 g/mol. The molecule has 0 saturated carbocycles. The van der Waals surface area contributed by atoms with E-state index < -0.39 is 6.29 Å². The van der Waals surface area contributed by atoms with Gasteiger partial charge in [-0.25, -0.2) is 0 Å². The quantitative estimate of drug-likeness (QED) is 0.854. The number of aryl methyl sites for hydroxylation is 1. The molecule has 0 radical (unpaired) electrons. The van der Waals surface area contributed by atoms with E-state index in [9.17, 15) is 13.6 Å². The minimum atomic E-state index is -3.64. The largest absolute Gasteiger partial charge is 0.586 e. The third-order valence-electron chi connectivity index (χ3n) is 4.44. The molecular weight excluding hydrogens is 354 g/mol. The topological polar surface area (TPSA) is 59.9 Å². The number of ether oxygens (including phenoxy) is 2. The lowest BCUT2D eigenvalue weighted by Crippen LogP contribution is -2.25. The first kappa shape index (κ1) is 17.2. The number of fused-ring (bicyclic) bond motifs is 1. The van der Waals surface area contributed by atoms with Crippen molar-refractivity contribution in [3.05, 3.63) is 53.2 Å². The molecule has 0 aromatic heterocycles. The minimum absolute atomic E-state index is 0.000475. The van der Waals surface area contributed by atoms with Gasteiger partial charge < -0.3 is 14.8 Å². The number of carbonyl (C=O) groups excluding carboxylic acids is 1. The molecule has 0 saturated heterocycles. The lowest BCUT2D eigenvalue weighted by atomic mass is 9.99. The van der Waals surface area contributed by atoms with E-state index in [0.717, 1.165) is 22.3 Å². The van der Waals surface area contributed by atoms with Crippen molar-refractivity contribution in [3.8, 4) is 22.6 Å². The Labute approximate surface area is 154 Å². The molecule has 0 fully saturated rings. The van der Waals surface area contributed by atoms with Crippen molar-refractivity contribution in [1.29, 1.82) is 0 Å². The number of halogens is 2. The fourth-order valence-corrected chi connectivity index (χ4v) is 3.07. The summed E-state index contributed by atoms with van der Waals surface area (Å²) in [5.41, 5.74) is 4.31. The molecule has 138 valence electrons. The molecule has 0 spiro atoms. The van der Waals surface area contributed by atoms with Crippen molar-refractivity contribution in [2.75, 3.05) is 5.32 Å². The van der Waals surface area contributed by atoms with Crippen LogP contribution in [0, 0.1) is 6.92 Å². The van der Waals surface area contributed by atoms with E-state index in [1.54, 1.807) is 37.4 Å². The summed E-state index contributed by atoms with van der Waals surface area (Å²) in [6.45, 7) is 3.68. The zero-order valence-electron chi connectivity index (χ0n) is 14.7. The molecule has 4 rings (SSSR count). The zero-order chi connectivity index (χ0) is 19.2. The molecule has 5 nitrogen and oxygen atoms in total. The van der Waals surface area contributed by atoms with Crippen LogP contribution in [0.3, 0.4) is 0 Å². The lowest BCUT2D eigenvalue weighted by Gasteiger charge is -2.10. The number of hydrogen-bond acceptors (Lipinski definition) is 4. The van der Waals surface area contributed by atoms with Gasteiger partial charge in [0.1, 0.15) is 5.70 Å². The number of benzene rings is 2. The third-order valence-corrected chi connectivity index (χ3v) is 4.44. The molecule has 1 amide bonds. The SMILES string of the molecule is CC1=C(C(=O)Nc2ccc(-c3cc4c(cc3C)OC(F)(F)O4)cc2)N=CC1. The number of anilines is 1. The Bertz CT molecular complexity index is 995. The van der Waals surface area contributed by atoms with Gasteiger partial charge in [-0.2, -0.15) is 0 Å². The summed E-state index contributed by atoms with van der Waals surface area (Å²) in [6, 6.07) is 10.2. The Morgan fingerprint density at radius 1 is 1.11 bits per heavy atom. The van der Waals surface area contributed by atoms with Crippen molar-refractivity contribution in [3.63, 3.8) is 0 Å². The van der Waals surface area contributed by atoms with Crippen LogP contribution in [0.15, 0.2) is 52.7 Å². The Kier molecular flexibility index (Phi) is 3.95. The first-order chi connectivity index (χ1) is 12.8. The maximum atomic E-state index is 13.2. The van der Waals surface area contributed by atoms with Crippen molar-refractivity contribution in [2.45, 2.75) is 26.6 Å². The molecule has 0 unspecified atom stereocenters. The van der Waals surface area contributed by atoms with Crippen LogP contribution < -0.4 is 14.8 Å². The van der Waals surface area contributed by atoms with Crippen LogP contribution in [0.25, 0.3) is 11.1 Å². The zero-order valence-corrected chi connectivity index (χ0v) is 14.7. The molecule has 1 N–H and O–H groups in total. The van der Waals surface area contributed by atoms with E-state index in [1.165, 1.54) is 12.1 Å². The van der Waals surface area contributed by atoms with Gasteiger partial charge in [-0.05, 0) is 60.4 Å². The summed E-state index contributed by atoms with van der Waals surface area (Å²) >= 11 is 0. The summed E-state index contributed by atoms with van der Waals surface area (Å²) < 4.78 is 35.5. The normalized spacial score (nSPS) is 16.7. The Morgan fingerprint density at radius 3 is 2.41 bits per heavy atom. The highest BCUT2D eigenvalue weighted by Crippen LogP contribution is 2.44. The lowest BCUT2D eigenvalue weighted by molar-refractivity contribution is -0.286. The van der Waals surface area contributed by atoms with Gasteiger partial charge in [0.15, 0.2) is 11.5 Å². The summed E-state index contributed by atoms with van der Waals surface area (Å²) in [5, 5.41) is 2.81. The first-order valence-corrected chi connectivity index (χ1v) is 8.37. The van der Waals surface area contributed by atoms with E-state index in [4.69, 9.17) is 0 Å². The number of hydrogen-bond donors (Lipinski definition) is 1. The second-order valence-electron chi connectivity index (χ2n) is 6.46. The van der Waals surface area contributed by atoms with Crippen molar-refractivity contribution in [1.82, 2.24) is 0 Å². The van der Waals surface area contributed by atoms with Gasteiger partial charge in [-0.1, -0.05) is 12.1 Å². The van der Waals surface area contributed by atoms with Crippen LogP contribution in [-0.2, 0) is 4.79 Å². The first-order valence-electron chi connectivity index (χ1n) is 8.37. The molecule has 0 bridgehead atoms. The highest BCUT2D eigenvalue weighted by Gasteiger charge is 2.43. The van der Waals surface area contributed by atoms with E-state index in [1.807, 2.05) is 6.92 Å². The summed E-state index contributed by atoms with van der Waals surface area (Å²) in [4.78, 5) is 16.3.